The summed E-state index contributed by atoms with van der Waals surface area (Å²) in [6.45, 7) is 7.58. The van der Waals surface area contributed by atoms with E-state index in [0.717, 1.165) is 45.3 Å². The molecule has 0 aromatic heterocycles. The summed E-state index contributed by atoms with van der Waals surface area (Å²) >= 11 is 0. The lowest BCUT2D eigenvalue weighted by atomic mass is 9.84. The molecule has 1 aromatic carbocycles. The fraction of sp³-hybridized carbons (Fsp3) is 0.667. The van der Waals surface area contributed by atoms with Crippen LogP contribution in [0.1, 0.15) is 50.2 Å². The Morgan fingerprint density at radius 2 is 1.92 bits per heavy atom. The van der Waals surface area contributed by atoms with Crippen LogP contribution in [0, 0.1) is 18.8 Å². The number of likely N-dealkylation sites (tertiary alicyclic amines) is 1. The molecule has 24 heavy (non-hydrogen) atoms. The second kappa shape index (κ2) is 8.15. The Morgan fingerprint density at radius 3 is 2.62 bits per heavy atom. The quantitative estimate of drug-likeness (QED) is 0.896. The van der Waals surface area contributed by atoms with E-state index in [0.29, 0.717) is 23.8 Å². The fourth-order valence-electron chi connectivity index (χ4n) is 4.35. The second-order valence-corrected chi connectivity index (χ2v) is 7.84. The molecule has 0 spiro atoms. The summed E-state index contributed by atoms with van der Waals surface area (Å²) in [5, 5.41) is 3.42. The van der Waals surface area contributed by atoms with E-state index in [-0.39, 0.29) is 0 Å². The standard InChI is InChI=1S/C21H32N2O/c1-16-5-7-18(8-6-16)15-20-4-3-13-23(20)21(24)14-17(2)19-9-11-22-12-10-19/h5-8,17,19-20,22H,3-4,9-15H2,1-2H3. The number of aryl methyl sites for hydroxylation is 1. The number of carbonyl (C=O) groups is 1. The molecule has 1 aromatic rings. The van der Waals surface area contributed by atoms with Gasteiger partial charge in [-0.2, -0.15) is 0 Å². The first kappa shape index (κ1) is 17.5. The van der Waals surface area contributed by atoms with E-state index >= 15 is 0 Å². The minimum atomic E-state index is 0.385. The Bertz CT molecular complexity index is 533. The van der Waals surface area contributed by atoms with Crippen molar-refractivity contribution < 1.29 is 4.79 Å². The minimum absolute atomic E-state index is 0.385. The number of rotatable bonds is 5. The maximum Gasteiger partial charge on any atom is 0.223 e. The SMILES string of the molecule is Cc1ccc(CC2CCCN2C(=O)CC(C)C2CCNCC2)cc1. The number of nitrogens with zero attached hydrogens (tertiary/aromatic N) is 1. The molecule has 3 heteroatoms. The molecule has 1 amide bonds. The predicted octanol–water partition coefficient (Wildman–Crippen LogP) is 3.55. The van der Waals surface area contributed by atoms with Crippen LogP contribution < -0.4 is 5.32 Å². The number of amides is 1. The highest BCUT2D eigenvalue weighted by atomic mass is 16.2. The maximum atomic E-state index is 12.9. The van der Waals surface area contributed by atoms with Gasteiger partial charge in [0.25, 0.3) is 0 Å². The van der Waals surface area contributed by atoms with Crippen LogP contribution in [-0.4, -0.2) is 36.5 Å². The third kappa shape index (κ3) is 4.38. The average molecular weight is 329 g/mol. The van der Waals surface area contributed by atoms with Crippen LogP contribution in [0.5, 0.6) is 0 Å². The number of hydrogen-bond acceptors (Lipinski definition) is 2. The van der Waals surface area contributed by atoms with Crippen LogP contribution in [0.4, 0.5) is 0 Å². The van der Waals surface area contributed by atoms with Gasteiger partial charge in [-0.25, -0.2) is 0 Å². The summed E-state index contributed by atoms with van der Waals surface area (Å²) < 4.78 is 0. The van der Waals surface area contributed by atoms with Gasteiger partial charge < -0.3 is 10.2 Å². The molecule has 3 nitrogen and oxygen atoms in total. The molecular formula is C21H32N2O. The van der Waals surface area contributed by atoms with Gasteiger partial charge in [0.15, 0.2) is 0 Å². The zero-order valence-electron chi connectivity index (χ0n) is 15.3. The first-order chi connectivity index (χ1) is 11.6. The van der Waals surface area contributed by atoms with E-state index in [1.807, 2.05) is 0 Å². The summed E-state index contributed by atoms with van der Waals surface area (Å²) in [5.74, 6) is 1.62. The largest absolute Gasteiger partial charge is 0.339 e. The Labute approximate surface area is 146 Å². The molecule has 2 heterocycles. The average Bonchev–Trinajstić information content (AvgIpc) is 3.06. The van der Waals surface area contributed by atoms with Crippen molar-refractivity contribution in [2.24, 2.45) is 11.8 Å². The molecule has 3 rings (SSSR count). The molecule has 0 bridgehead atoms. The van der Waals surface area contributed by atoms with Crippen molar-refractivity contribution in [1.82, 2.24) is 10.2 Å². The number of piperidine rings is 1. The van der Waals surface area contributed by atoms with Crippen molar-refractivity contribution in [3.63, 3.8) is 0 Å². The summed E-state index contributed by atoms with van der Waals surface area (Å²) in [7, 11) is 0. The molecule has 2 aliphatic heterocycles. The topological polar surface area (TPSA) is 32.3 Å². The van der Waals surface area contributed by atoms with Gasteiger partial charge in [-0.05, 0) is 69.5 Å². The van der Waals surface area contributed by atoms with E-state index in [9.17, 15) is 4.79 Å². The smallest absolute Gasteiger partial charge is 0.223 e. The first-order valence-corrected chi connectivity index (χ1v) is 9.69. The summed E-state index contributed by atoms with van der Waals surface area (Å²) in [4.78, 5) is 15.0. The monoisotopic (exact) mass is 328 g/mol. The molecule has 0 saturated carbocycles. The molecule has 2 unspecified atom stereocenters. The second-order valence-electron chi connectivity index (χ2n) is 7.84. The van der Waals surface area contributed by atoms with Crippen LogP contribution in [0.3, 0.4) is 0 Å². The molecule has 0 aliphatic carbocycles. The third-order valence-corrected chi connectivity index (χ3v) is 5.97. The van der Waals surface area contributed by atoms with Crippen molar-refractivity contribution in [2.75, 3.05) is 19.6 Å². The Hall–Kier alpha value is -1.35. The molecule has 1 N–H and O–H groups in total. The van der Waals surface area contributed by atoms with Crippen LogP contribution in [0.2, 0.25) is 0 Å². The lowest BCUT2D eigenvalue weighted by Gasteiger charge is -2.31. The van der Waals surface area contributed by atoms with Gasteiger partial charge in [0.2, 0.25) is 5.91 Å². The van der Waals surface area contributed by atoms with E-state index in [1.165, 1.54) is 24.0 Å². The van der Waals surface area contributed by atoms with Gasteiger partial charge in [-0.15, -0.1) is 0 Å². The van der Waals surface area contributed by atoms with E-state index in [2.05, 4.69) is 48.3 Å². The number of benzene rings is 1. The highest BCUT2D eigenvalue weighted by Gasteiger charge is 2.31. The molecule has 2 fully saturated rings. The normalized spacial score (nSPS) is 23.4. The number of carbonyl (C=O) groups excluding carboxylic acids is 1. The lowest BCUT2D eigenvalue weighted by molar-refractivity contribution is -0.133. The molecule has 132 valence electrons. The van der Waals surface area contributed by atoms with Crippen molar-refractivity contribution in [2.45, 2.75) is 58.4 Å². The Morgan fingerprint density at radius 1 is 1.21 bits per heavy atom. The first-order valence-electron chi connectivity index (χ1n) is 9.69. The predicted molar refractivity (Wildman–Crippen MR) is 99.0 cm³/mol. The van der Waals surface area contributed by atoms with E-state index in [1.54, 1.807) is 0 Å². The van der Waals surface area contributed by atoms with E-state index in [4.69, 9.17) is 0 Å². The van der Waals surface area contributed by atoms with Crippen LogP contribution >= 0.6 is 0 Å². The molecule has 2 saturated heterocycles. The van der Waals surface area contributed by atoms with Crippen LogP contribution in [-0.2, 0) is 11.2 Å². The summed E-state index contributed by atoms with van der Waals surface area (Å²) in [5.41, 5.74) is 2.66. The summed E-state index contributed by atoms with van der Waals surface area (Å²) in [6.07, 6.45) is 6.50. The maximum absolute atomic E-state index is 12.9. The van der Waals surface area contributed by atoms with Gasteiger partial charge in [-0.3, -0.25) is 4.79 Å². The van der Waals surface area contributed by atoms with Crippen molar-refractivity contribution in [3.05, 3.63) is 35.4 Å². The zero-order valence-corrected chi connectivity index (χ0v) is 15.3. The number of nitrogens with one attached hydrogen (secondary N) is 1. The van der Waals surface area contributed by atoms with Gasteiger partial charge in [0.05, 0.1) is 0 Å². The highest BCUT2D eigenvalue weighted by molar-refractivity contribution is 5.77. The Kier molecular flexibility index (Phi) is 5.94. The van der Waals surface area contributed by atoms with Gasteiger partial charge in [0.1, 0.15) is 0 Å². The Balaban J connectivity index is 1.55. The van der Waals surface area contributed by atoms with Crippen molar-refractivity contribution >= 4 is 5.91 Å². The number of hydrogen-bond donors (Lipinski definition) is 1. The van der Waals surface area contributed by atoms with Crippen molar-refractivity contribution in [3.8, 4) is 0 Å². The molecule has 2 aliphatic rings. The molecule has 2 atom stereocenters. The zero-order chi connectivity index (χ0) is 16.9. The highest BCUT2D eigenvalue weighted by Crippen LogP contribution is 2.28. The van der Waals surface area contributed by atoms with Gasteiger partial charge in [0, 0.05) is 19.0 Å². The van der Waals surface area contributed by atoms with E-state index < -0.39 is 0 Å². The van der Waals surface area contributed by atoms with Gasteiger partial charge >= 0.3 is 0 Å². The molecular weight excluding hydrogens is 296 g/mol. The lowest BCUT2D eigenvalue weighted by Crippen LogP contribution is -2.39. The summed E-state index contributed by atoms with van der Waals surface area (Å²) in [6, 6.07) is 9.19. The molecule has 0 radical (unpaired) electrons. The van der Waals surface area contributed by atoms with Crippen LogP contribution in [0.15, 0.2) is 24.3 Å². The van der Waals surface area contributed by atoms with Gasteiger partial charge in [-0.1, -0.05) is 36.8 Å². The fourth-order valence-corrected chi connectivity index (χ4v) is 4.35. The minimum Gasteiger partial charge on any atom is -0.339 e. The third-order valence-electron chi connectivity index (χ3n) is 5.97. The van der Waals surface area contributed by atoms with Crippen LogP contribution in [0.25, 0.3) is 0 Å². The van der Waals surface area contributed by atoms with Crippen molar-refractivity contribution in [1.29, 1.82) is 0 Å².